The van der Waals surface area contributed by atoms with Crippen molar-refractivity contribution >= 4 is 39.2 Å². The minimum atomic E-state index is -3.55. The molecule has 1 N–H and O–H groups in total. The first-order valence-corrected chi connectivity index (χ1v) is 11.2. The summed E-state index contributed by atoms with van der Waals surface area (Å²) in [5.41, 5.74) is -0.204. The first-order chi connectivity index (χ1) is 13.4. The fourth-order valence-electron chi connectivity index (χ4n) is 3.70. The molecule has 1 fully saturated rings. The van der Waals surface area contributed by atoms with Gasteiger partial charge in [0.25, 0.3) is 5.91 Å². The average Bonchev–Trinajstić information content (AvgIpc) is 3.12. The van der Waals surface area contributed by atoms with Crippen LogP contribution >= 0.6 is 0 Å². The maximum Gasteiger partial charge on any atom is 0.325 e. The van der Waals surface area contributed by atoms with Crippen LogP contribution < -0.4 is 10.2 Å². The zero-order valence-corrected chi connectivity index (χ0v) is 17.7. The summed E-state index contributed by atoms with van der Waals surface area (Å²) in [5, 5.41) is 2.77. The van der Waals surface area contributed by atoms with E-state index in [2.05, 4.69) is 5.32 Å². The quantitative estimate of drug-likeness (QED) is 0.726. The molecule has 0 unspecified atom stereocenters. The lowest BCUT2D eigenvalue weighted by atomic mass is 9.95. The smallest absolute Gasteiger partial charge is 0.325 e. The van der Waals surface area contributed by atoms with Crippen molar-refractivity contribution in [2.75, 3.05) is 23.0 Å². The Labute approximate surface area is 170 Å². The first-order valence-electron chi connectivity index (χ1n) is 9.36. The minimum Gasteiger partial charge on any atom is -0.451 e. The molecule has 9 nitrogen and oxygen atoms in total. The van der Waals surface area contributed by atoms with Gasteiger partial charge in [0, 0.05) is 6.54 Å². The van der Waals surface area contributed by atoms with Gasteiger partial charge in [-0.05, 0) is 45.7 Å². The van der Waals surface area contributed by atoms with E-state index in [1.54, 1.807) is 38.1 Å². The lowest BCUT2D eigenvalue weighted by Crippen LogP contribution is -2.60. The van der Waals surface area contributed by atoms with E-state index in [0.29, 0.717) is 24.2 Å². The number of para-hydroxylation sites is 2. The molecule has 1 saturated heterocycles. The number of nitrogens with one attached hydrogen (secondary N) is 1. The van der Waals surface area contributed by atoms with Crippen LogP contribution in [-0.2, 0) is 29.1 Å². The van der Waals surface area contributed by atoms with Crippen LogP contribution in [0.5, 0.6) is 0 Å². The van der Waals surface area contributed by atoms with Crippen molar-refractivity contribution in [1.82, 2.24) is 4.31 Å². The zero-order chi connectivity index (χ0) is 21.6. The Morgan fingerprint density at radius 2 is 1.93 bits per heavy atom. The third-order valence-electron chi connectivity index (χ3n) is 5.27. The summed E-state index contributed by atoms with van der Waals surface area (Å²) in [6.07, 6.45) is 0.733. The molecule has 0 radical (unpaired) electrons. The zero-order valence-electron chi connectivity index (χ0n) is 16.8. The number of nitrogens with zero attached hydrogens (tertiary/aromatic N) is 2. The SMILES string of the molecule is C[C@H](OC(=O)[C@@H]1CCCN1S(C)(=O)=O)C(=O)N1c2ccccc2NC(=O)C1(C)C. The highest BCUT2D eigenvalue weighted by Gasteiger charge is 2.46. The topological polar surface area (TPSA) is 113 Å². The molecule has 0 aromatic heterocycles. The summed E-state index contributed by atoms with van der Waals surface area (Å²) in [7, 11) is -3.55. The van der Waals surface area contributed by atoms with Crippen LogP contribution in [0, 0.1) is 0 Å². The highest BCUT2D eigenvalue weighted by atomic mass is 32.2. The van der Waals surface area contributed by atoms with Gasteiger partial charge in [-0.15, -0.1) is 0 Å². The molecule has 2 aliphatic rings. The predicted molar refractivity (Wildman–Crippen MR) is 107 cm³/mol. The number of hydrogen-bond acceptors (Lipinski definition) is 6. The number of fused-ring (bicyclic) bond motifs is 1. The van der Waals surface area contributed by atoms with E-state index in [1.165, 1.54) is 11.8 Å². The fourth-order valence-corrected chi connectivity index (χ4v) is 4.82. The summed E-state index contributed by atoms with van der Waals surface area (Å²) in [6.45, 7) is 4.87. The molecule has 29 heavy (non-hydrogen) atoms. The molecule has 3 rings (SSSR count). The van der Waals surface area contributed by atoms with Gasteiger partial charge in [-0.2, -0.15) is 4.31 Å². The van der Waals surface area contributed by atoms with Crippen molar-refractivity contribution in [2.45, 2.75) is 51.3 Å². The van der Waals surface area contributed by atoms with Gasteiger partial charge in [-0.25, -0.2) is 8.42 Å². The Bertz CT molecular complexity index is 958. The van der Waals surface area contributed by atoms with Crippen LogP contribution in [0.1, 0.15) is 33.6 Å². The monoisotopic (exact) mass is 423 g/mol. The molecule has 0 aliphatic carbocycles. The predicted octanol–water partition coefficient (Wildman–Crippen LogP) is 1.11. The molecule has 2 amide bonds. The average molecular weight is 423 g/mol. The standard InChI is InChI=1S/C19H25N3O6S/c1-12(28-17(24)15-10-7-11-21(15)29(4,26)27)16(23)22-14-9-6-5-8-13(14)20-18(25)19(22,2)3/h5-6,8-9,12,15H,7,10-11H2,1-4H3,(H,20,25)/t12-,15-/m0/s1. The molecule has 0 bridgehead atoms. The summed E-state index contributed by atoms with van der Waals surface area (Å²) >= 11 is 0. The van der Waals surface area contributed by atoms with Crippen LogP contribution in [0.15, 0.2) is 24.3 Å². The molecule has 1 aromatic carbocycles. The third kappa shape index (κ3) is 3.86. The summed E-state index contributed by atoms with van der Waals surface area (Å²) in [4.78, 5) is 39.6. The molecular weight excluding hydrogens is 398 g/mol. The highest BCUT2D eigenvalue weighted by molar-refractivity contribution is 7.88. The highest BCUT2D eigenvalue weighted by Crippen LogP contribution is 2.37. The van der Waals surface area contributed by atoms with Crippen LogP contribution in [0.25, 0.3) is 0 Å². The number of anilines is 2. The molecule has 2 heterocycles. The van der Waals surface area contributed by atoms with Crippen molar-refractivity contribution in [3.05, 3.63) is 24.3 Å². The number of rotatable bonds is 4. The molecule has 0 saturated carbocycles. The molecule has 158 valence electrons. The summed E-state index contributed by atoms with van der Waals surface area (Å²) in [5.74, 6) is -1.68. The van der Waals surface area contributed by atoms with Crippen LogP contribution in [-0.4, -0.2) is 61.0 Å². The third-order valence-corrected chi connectivity index (χ3v) is 6.56. The molecule has 2 atom stereocenters. The van der Waals surface area contributed by atoms with E-state index in [1.807, 2.05) is 0 Å². The largest absolute Gasteiger partial charge is 0.451 e. The Kier molecular flexibility index (Phi) is 5.44. The number of hydrogen-bond donors (Lipinski definition) is 1. The molecule has 10 heteroatoms. The lowest BCUT2D eigenvalue weighted by Gasteiger charge is -2.42. The summed E-state index contributed by atoms with van der Waals surface area (Å²) in [6, 6.07) is 5.92. The van der Waals surface area contributed by atoms with Crippen molar-refractivity contribution in [3.63, 3.8) is 0 Å². The van der Waals surface area contributed by atoms with E-state index in [-0.39, 0.29) is 12.5 Å². The molecule has 0 spiro atoms. The molecule has 2 aliphatic heterocycles. The second-order valence-electron chi connectivity index (χ2n) is 7.81. The van der Waals surface area contributed by atoms with Gasteiger partial charge >= 0.3 is 5.97 Å². The normalized spacial score (nSPS) is 22.6. The Morgan fingerprint density at radius 1 is 1.28 bits per heavy atom. The van der Waals surface area contributed by atoms with Gasteiger partial charge in [0.05, 0.1) is 17.6 Å². The number of carbonyl (C=O) groups excluding carboxylic acids is 3. The number of carbonyl (C=O) groups is 3. The maximum atomic E-state index is 13.2. The van der Waals surface area contributed by atoms with Gasteiger partial charge in [0.2, 0.25) is 15.9 Å². The second-order valence-corrected chi connectivity index (χ2v) is 9.75. The molecule has 1 aromatic rings. The van der Waals surface area contributed by atoms with Gasteiger partial charge in [-0.3, -0.25) is 19.3 Å². The van der Waals surface area contributed by atoms with Crippen LogP contribution in [0.4, 0.5) is 11.4 Å². The van der Waals surface area contributed by atoms with E-state index in [0.717, 1.165) is 10.6 Å². The number of esters is 1. The number of ether oxygens (including phenoxy) is 1. The van der Waals surface area contributed by atoms with Crippen molar-refractivity contribution in [2.24, 2.45) is 0 Å². The van der Waals surface area contributed by atoms with Crippen LogP contribution in [0.3, 0.4) is 0 Å². The minimum absolute atomic E-state index is 0.244. The van der Waals surface area contributed by atoms with E-state index in [4.69, 9.17) is 4.74 Å². The molecular formula is C19H25N3O6S. The van der Waals surface area contributed by atoms with E-state index < -0.39 is 39.6 Å². The Hall–Kier alpha value is -2.46. The first kappa shape index (κ1) is 21.3. The number of amides is 2. The Balaban J connectivity index is 1.83. The fraction of sp³-hybridized carbons (Fsp3) is 0.526. The number of benzene rings is 1. The Morgan fingerprint density at radius 3 is 2.59 bits per heavy atom. The van der Waals surface area contributed by atoms with Gasteiger partial charge < -0.3 is 10.1 Å². The van der Waals surface area contributed by atoms with Crippen molar-refractivity contribution in [1.29, 1.82) is 0 Å². The van der Waals surface area contributed by atoms with Crippen molar-refractivity contribution in [3.8, 4) is 0 Å². The van der Waals surface area contributed by atoms with Crippen molar-refractivity contribution < 1.29 is 27.5 Å². The van der Waals surface area contributed by atoms with E-state index in [9.17, 15) is 22.8 Å². The van der Waals surface area contributed by atoms with Gasteiger partial charge in [0.1, 0.15) is 11.6 Å². The van der Waals surface area contributed by atoms with Crippen LogP contribution in [0.2, 0.25) is 0 Å². The van der Waals surface area contributed by atoms with Gasteiger partial charge in [-0.1, -0.05) is 12.1 Å². The summed E-state index contributed by atoms with van der Waals surface area (Å²) < 4.78 is 30.2. The second kappa shape index (κ2) is 7.42. The van der Waals surface area contributed by atoms with E-state index >= 15 is 0 Å². The maximum absolute atomic E-state index is 13.2. The van der Waals surface area contributed by atoms with Gasteiger partial charge in [0.15, 0.2) is 6.10 Å². The lowest BCUT2D eigenvalue weighted by molar-refractivity contribution is -0.157. The number of sulfonamides is 1.